The molecule has 0 heterocycles. The van der Waals surface area contributed by atoms with E-state index in [1.165, 1.54) is 0 Å². The van der Waals surface area contributed by atoms with Crippen LogP contribution in [0.25, 0.3) is 0 Å². The molecule has 2 aliphatic rings. The molecule has 0 bridgehead atoms. The molecular formula is C12H14O6. The van der Waals surface area contributed by atoms with Gasteiger partial charge in [-0.1, -0.05) is 6.42 Å². The minimum Gasteiger partial charge on any atom is -0.450 e. The third-order valence-corrected chi connectivity index (χ3v) is 3.57. The van der Waals surface area contributed by atoms with Crippen LogP contribution in [0.4, 0.5) is 4.79 Å². The molecule has 6 nitrogen and oxygen atoms in total. The number of carbonyl (C=O) groups is 4. The van der Waals surface area contributed by atoms with Crippen LogP contribution in [0, 0.1) is 5.92 Å². The Hall–Kier alpha value is -1.72. The predicted octanol–water partition coefficient (Wildman–Crippen LogP) is 1.11. The summed E-state index contributed by atoms with van der Waals surface area (Å²) in [4.78, 5) is 45.9. The molecule has 2 rings (SSSR count). The fourth-order valence-electron chi connectivity index (χ4n) is 2.55. The van der Waals surface area contributed by atoms with E-state index in [1.807, 2.05) is 0 Å². The topological polar surface area (TPSA) is 97.7 Å². The average molecular weight is 254 g/mol. The fraction of sp³-hybridized carbons (Fsp3) is 0.667. The van der Waals surface area contributed by atoms with Crippen LogP contribution in [0.3, 0.4) is 0 Å². The molecular weight excluding hydrogens is 240 g/mol. The lowest BCUT2D eigenvalue weighted by atomic mass is 9.70. The maximum absolute atomic E-state index is 12.2. The van der Waals surface area contributed by atoms with Gasteiger partial charge >= 0.3 is 6.16 Å². The van der Waals surface area contributed by atoms with Crippen molar-refractivity contribution in [2.75, 3.05) is 0 Å². The second kappa shape index (κ2) is 4.51. The van der Waals surface area contributed by atoms with E-state index >= 15 is 0 Å². The lowest BCUT2D eigenvalue weighted by molar-refractivity contribution is -0.158. The second-order valence-electron chi connectivity index (χ2n) is 4.96. The highest BCUT2D eigenvalue weighted by atomic mass is 16.7. The van der Waals surface area contributed by atoms with Crippen molar-refractivity contribution < 1.29 is 29.0 Å². The van der Waals surface area contributed by atoms with Crippen molar-refractivity contribution in [3.05, 3.63) is 0 Å². The van der Waals surface area contributed by atoms with Gasteiger partial charge in [-0.25, -0.2) is 4.79 Å². The Morgan fingerprint density at radius 1 is 1.17 bits per heavy atom. The van der Waals surface area contributed by atoms with Gasteiger partial charge in [0.05, 0.1) is 19.3 Å². The number of hydrogen-bond acceptors (Lipinski definition) is 5. The SMILES string of the molecule is O=C1CC(=O)CC(OC(=O)O)(C(=O)C2CCC2)C1. The van der Waals surface area contributed by atoms with Crippen molar-refractivity contribution in [2.24, 2.45) is 5.92 Å². The minimum absolute atomic E-state index is 0.233. The van der Waals surface area contributed by atoms with E-state index in [9.17, 15) is 19.2 Å². The zero-order chi connectivity index (χ0) is 13.3. The average Bonchev–Trinajstić information content (AvgIpc) is 2.11. The van der Waals surface area contributed by atoms with E-state index in [0.717, 1.165) is 6.42 Å². The highest BCUT2D eigenvalue weighted by Gasteiger charge is 2.52. The monoisotopic (exact) mass is 254 g/mol. The van der Waals surface area contributed by atoms with Crippen molar-refractivity contribution in [1.82, 2.24) is 0 Å². The zero-order valence-electron chi connectivity index (χ0n) is 9.81. The summed E-state index contributed by atoms with van der Waals surface area (Å²) in [5, 5.41) is 8.73. The number of rotatable bonds is 3. The molecule has 18 heavy (non-hydrogen) atoms. The van der Waals surface area contributed by atoms with E-state index in [-0.39, 0.29) is 25.2 Å². The van der Waals surface area contributed by atoms with Crippen LogP contribution in [0.1, 0.15) is 38.5 Å². The van der Waals surface area contributed by atoms with Crippen LogP contribution >= 0.6 is 0 Å². The third kappa shape index (κ3) is 2.27. The van der Waals surface area contributed by atoms with E-state index in [2.05, 4.69) is 4.74 Å². The van der Waals surface area contributed by atoms with Crippen LogP contribution in [-0.4, -0.2) is 34.2 Å². The molecule has 6 heteroatoms. The van der Waals surface area contributed by atoms with Crippen molar-refractivity contribution in [3.8, 4) is 0 Å². The normalized spacial score (nSPS) is 23.3. The predicted molar refractivity (Wildman–Crippen MR) is 58.1 cm³/mol. The summed E-state index contributed by atoms with van der Waals surface area (Å²) in [5.41, 5.74) is -1.76. The number of ether oxygens (including phenoxy) is 1. The molecule has 0 aromatic rings. The quantitative estimate of drug-likeness (QED) is 0.598. The summed E-state index contributed by atoms with van der Waals surface area (Å²) in [7, 11) is 0. The highest BCUT2D eigenvalue weighted by molar-refractivity contribution is 6.09. The lowest BCUT2D eigenvalue weighted by Crippen LogP contribution is -2.53. The van der Waals surface area contributed by atoms with Gasteiger partial charge in [0.1, 0.15) is 11.6 Å². The summed E-state index contributed by atoms with van der Waals surface area (Å²) in [5.74, 6) is -1.54. The molecule has 2 saturated carbocycles. The Labute approximate surface area is 103 Å². The Morgan fingerprint density at radius 2 is 1.72 bits per heavy atom. The van der Waals surface area contributed by atoms with Gasteiger partial charge < -0.3 is 9.84 Å². The van der Waals surface area contributed by atoms with E-state index < -0.39 is 29.1 Å². The molecule has 0 aromatic carbocycles. The zero-order valence-corrected chi connectivity index (χ0v) is 9.81. The van der Waals surface area contributed by atoms with Crippen LogP contribution in [-0.2, 0) is 19.1 Å². The fourth-order valence-corrected chi connectivity index (χ4v) is 2.55. The first-order valence-corrected chi connectivity index (χ1v) is 5.92. The first-order valence-electron chi connectivity index (χ1n) is 5.92. The number of ketones is 3. The minimum atomic E-state index is -1.76. The molecule has 1 N–H and O–H groups in total. The van der Waals surface area contributed by atoms with E-state index in [0.29, 0.717) is 12.8 Å². The third-order valence-electron chi connectivity index (χ3n) is 3.57. The number of carbonyl (C=O) groups excluding carboxylic acids is 3. The van der Waals surface area contributed by atoms with Crippen molar-refractivity contribution in [2.45, 2.75) is 44.1 Å². The molecule has 0 amide bonds. The molecule has 0 aliphatic heterocycles. The maximum Gasteiger partial charge on any atom is 0.506 e. The van der Waals surface area contributed by atoms with Gasteiger partial charge in [0.15, 0.2) is 11.4 Å². The largest absolute Gasteiger partial charge is 0.506 e. The lowest BCUT2D eigenvalue weighted by Gasteiger charge is -2.37. The molecule has 2 aliphatic carbocycles. The van der Waals surface area contributed by atoms with Gasteiger partial charge in [-0.3, -0.25) is 14.4 Å². The molecule has 0 radical (unpaired) electrons. The van der Waals surface area contributed by atoms with Crippen molar-refractivity contribution in [1.29, 1.82) is 0 Å². The number of hydrogen-bond donors (Lipinski definition) is 1. The molecule has 2 fully saturated rings. The van der Waals surface area contributed by atoms with Gasteiger partial charge in [-0.05, 0) is 12.8 Å². The standard InChI is InChI=1S/C12H14O6/c13-8-4-9(14)6-12(5-8,18-11(16)17)10(15)7-2-1-3-7/h7H,1-6H2,(H,16,17). The van der Waals surface area contributed by atoms with Gasteiger partial charge in [0, 0.05) is 5.92 Å². The van der Waals surface area contributed by atoms with Crippen LogP contribution in [0.15, 0.2) is 0 Å². The molecule has 0 aromatic heterocycles. The Morgan fingerprint density at radius 3 is 2.11 bits per heavy atom. The molecule has 0 spiro atoms. The van der Waals surface area contributed by atoms with Gasteiger partial charge in [-0.15, -0.1) is 0 Å². The maximum atomic E-state index is 12.2. The first-order chi connectivity index (χ1) is 8.43. The second-order valence-corrected chi connectivity index (χ2v) is 4.96. The Kier molecular flexibility index (Phi) is 3.19. The first kappa shape index (κ1) is 12.7. The summed E-state index contributed by atoms with van der Waals surface area (Å²) >= 11 is 0. The van der Waals surface area contributed by atoms with Crippen molar-refractivity contribution >= 4 is 23.5 Å². The summed E-state index contributed by atoms with van der Waals surface area (Å²) < 4.78 is 4.66. The van der Waals surface area contributed by atoms with Crippen LogP contribution in [0.2, 0.25) is 0 Å². The van der Waals surface area contributed by atoms with Crippen LogP contribution in [0.5, 0.6) is 0 Å². The number of Topliss-reactive ketones (excluding diaryl/α,β-unsaturated/α-hetero) is 3. The molecule has 0 saturated heterocycles. The molecule has 98 valence electrons. The van der Waals surface area contributed by atoms with Gasteiger partial charge in [0.2, 0.25) is 0 Å². The van der Waals surface area contributed by atoms with Gasteiger partial charge in [0.25, 0.3) is 0 Å². The smallest absolute Gasteiger partial charge is 0.450 e. The summed E-state index contributed by atoms with van der Waals surface area (Å²) in [6.07, 6.45) is -0.215. The Bertz CT molecular complexity index is 399. The van der Waals surface area contributed by atoms with Crippen LogP contribution < -0.4 is 0 Å². The molecule has 0 atom stereocenters. The van der Waals surface area contributed by atoms with E-state index in [4.69, 9.17) is 5.11 Å². The van der Waals surface area contributed by atoms with E-state index in [1.54, 1.807) is 0 Å². The molecule has 0 unspecified atom stereocenters. The summed E-state index contributed by atoms with van der Waals surface area (Å²) in [6, 6.07) is 0. The number of carboxylic acid groups (broad SMARTS) is 1. The Balaban J connectivity index is 2.26. The highest BCUT2D eigenvalue weighted by Crippen LogP contribution is 2.38. The van der Waals surface area contributed by atoms with Crippen molar-refractivity contribution in [3.63, 3.8) is 0 Å². The summed E-state index contributed by atoms with van der Waals surface area (Å²) in [6.45, 7) is 0. The van der Waals surface area contributed by atoms with Gasteiger partial charge in [-0.2, -0.15) is 0 Å².